The van der Waals surface area contributed by atoms with Gasteiger partial charge in [-0.05, 0) is 24.6 Å². The number of hydrogen-bond acceptors (Lipinski definition) is 11. The molecule has 4 heterocycles. The van der Waals surface area contributed by atoms with E-state index in [1.54, 1.807) is 25.1 Å². The van der Waals surface area contributed by atoms with Gasteiger partial charge in [-0.25, -0.2) is 19.7 Å². The summed E-state index contributed by atoms with van der Waals surface area (Å²) in [6.07, 6.45) is 2.94. The number of carbonyl (C=O) groups is 1. The van der Waals surface area contributed by atoms with Crippen LogP contribution in [0.25, 0.3) is 11.2 Å². The third kappa shape index (κ3) is 3.75. The Morgan fingerprint density at radius 1 is 1.32 bits per heavy atom. The molecule has 2 aromatic heterocycles. The van der Waals surface area contributed by atoms with E-state index in [4.69, 9.17) is 24.7 Å². The molecule has 0 bridgehead atoms. The molecule has 0 radical (unpaired) electrons. The molecule has 11 nitrogen and oxygen atoms in total. The summed E-state index contributed by atoms with van der Waals surface area (Å²) in [6, 6.07) is 7.30. The zero-order valence-corrected chi connectivity index (χ0v) is 18.7. The summed E-state index contributed by atoms with van der Waals surface area (Å²) in [5.74, 6) is 0.0744. The van der Waals surface area contributed by atoms with E-state index in [0.717, 1.165) is 0 Å². The molecule has 2 aliphatic heterocycles. The van der Waals surface area contributed by atoms with Gasteiger partial charge >= 0.3 is 5.97 Å². The first kappa shape index (κ1) is 21.6. The fourth-order valence-corrected chi connectivity index (χ4v) is 4.67. The number of benzene rings is 1. The SMILES string of the molecule is CCOC(=O)C1=C(CSc2ncnc3nc[nH]c23)OC(N)=C(C#N)[C@@H]1c1ccc2c(c1)OCO2. The highest BCUT2D eigenvalue weighted by molar-refractivity contribution is 7.99. The summed E-state index contributed by atoms with van der Waals surface area (Å²) >= 11 is 1.31. The number of nitrogens with zero attached hydrogens (tertiary/aromatic N) is 4. The second-order valence-corrected chi connectivity index (χ2v) is 8.13. The van der Waals surface area contributed by atoms with Gasteiger partial charge in [0.15, 0.2) is 17.1 Å². The number of nitrogens with two attached hydrogens (primary N) is 1. The van der Waals surface area contributed by atoms with E-state index in [1.165, 1.54) is 24.4 Å². The number of aromatic amines is 1. The monoisotopic (exact) mass is 478 g/mol. The Morgan fingerprint density at radius 3 is 3.00 bits per heavy atom. The second kappa shape index (κ2) is 8.95. The van der Waals surface area contributed by atoms with E-state index < -0.39 is 11.9 Å². The number of hydrogen-bond donors (Lipinski definition) is 2. The van der Waals surface area contributed by atoms with E-state index >= 15 is 0 Å². The fraction of sp³-hybridized carbons (Fsp3) is 0.227. The van der Waals surface area contributed by atoms with Crippen molar-refractivity contribution in [2.75, 3.05) is 19.2 Å². The van der Waals surface area contributed by atoms with Gasteiger partial charge in [-0.3, -0.25) is 0 Å². The number of fused-ring (bicyclic) bond motifs is 2. The van der Waals surface area contributed by atoms with Crippen LogP contribution >= 0.6 is 11.8 Å². The van der Waals surface area contributed by atoms with Gasteiger partial charge in [-0.1, -0.05) is 17.8 Å². The largest absolute Gasteiger partial charge is 0.463 e. The Balaban J connectivity index is 1.58. The highest BCUT2D eigenvalue weighted by Gasteiger charge is 2.38. The van der Waals surface area contributed by atoms with Crippen molar-refractivity contribution in [2.24, 2.45) is 5.73 Å². The summed E-state index contributed by atoms with van der Waals surface area (Å²) in [6.45, 7) is 1.95. The maximum atomic E-state index is 13.1. The summed E-state index contributed by atoms with van der Waals surface area (Å²) in [5.41, 5.74) is 8.24. The molecule has 0 unspecified atom stereocenters. The average molecular weight is 478 g/mol. The van der Waals surface area contributed by atoms with Crippen molar-refractivity contribution < 1.29 is 23.7 Å². The first-order chi connectivity index (χ1) is 16.6. The molecular weight excluding hydrogens is 460 g/mol. The van der Waals surface area contributed by atoms with Crippen LogP contribution < -0.4 is 15.2 Å². The molecular formula is C22H18N6O5S. The minimum Gasteiger partial charge on any atom is -0.463 e. The topological polar surface area (TPSA) is 158 Å². The molecule has 0 spiro atoms. The van der Waals surface area contributed by atoms with Crippen molar-refractivity contribution in [3.05, 3.63) is 59.2 Å². The number of aromatic nitrogens is 4. The Kier molecular flexibility index (Phi) is 5.69. The van der Waals surface area contributed by atoms with Gasteiger partial charge in [-0.2, -0.15) is 5.26 Å². The predicted octanol–water partition coefficient (Wildman–Crippen LogP) is 2.50. The second-order valence-electron chi connectivity index (χ2n) is 7.16. The van der Waals surface area contributed by atoms with Crippen molar-refractivity contribution in [1.82, 2.24) is 19.9 Å². The third-order valence-corrected chi connectivity index (χ3v) is 6.24. The average Bonchev–Trinajstić information content (AvgIpc) is 3.51. The number of H-pyrrole nitrogens is 1. The maximum Gasteiger partial charge on any atom is 0.338 e. The summed E-state index contributed by atoms with van der Waals surface area (Å²) < 4.78 is 22.0. The molecule has 172 valence electrons. The lowest BCUT2D eigenvalue weighted by Crippen LogP contribution is -2.27. The van der Waals surface area contributed by atoms with Crippen LogP contribution in [0.3, 0.4) is 0 Å². The molecule has 2 aliphatic rings. The van der Waals surface area contributed by atoms with Crippen LogP contribution in [0, 0.1) is 11.3 Å². The van der Waals surface area contributed by atoms with Crippen LogP contribution in [-0.4, -0.2) is 45.1 Å². The molecule has 34 heavy (non-hydrogen) atoms. The number of carbonyl (C=O) groups excluding carboxylic acids is 1. The highest BCUT2D eigenvalue weighted by atomic mass is 32.2. The Labute approximate surface area is 197 Å². The third-order valence-electron chi connectivity index (χ3n) is 5.25. The molecule has 12 heteroatoms. The lowest BCUT2D eigenvalue weighted by Gasteiger charge is -2.28. The van der Waals surface area contributed by atoms with Gasteiger partial charge < -0.3 is 29.7 Å². The molecule has 0 amide bonds. The number of nitriles is 1. The lowest BCUT2D eigenvalue weighted by molar-refractivity contribution is -0.139. The smallest absolute Gasteiger partial charge is 0.338 e. The number of thioether (sulfide) groups is 1. The van der Waals surface area contributed by atoms with E-state index in [0.29, 0.717) is 33.3 Å². The molecule has 1 aromatic carbocycles. The number of ether oxygens (including phenoxy) is 4. The summed E-state index contributed by atoms with van der Waals surface area (Å²) in [4.78, 5) is 28.7. The van der Waals surface area contributed by atoms with E-state index in [1.807, 2.05) is 0 Å². The van der Waals surface area contributed by atoms with Gasteiger partial charge in [0.1, 0.15) is 34.3 Å². The van der Waals surface area contributed by atoms with Crippen molar-refractivity contribution in [3.63, 3.8) is 0 Å². The van der Waals surface area contributed by atoms with Gasteiger partial charge in [0, 0.05) is 0 Å². The molecule has 0 fully saturated rings. The standard InChI is InChI=1S/C22H18N6O5S/c1-2-30-22(29)17-15(7-34-21-18-20(26-8-25-18)27-9-28-21)33-19(24)12(6-23)16(17)11-3-4-13-14(5-11)32-10-31-13/h3-5,8-9,16H,2,7,10,24H2,1H3,(H,25,26,27,28)/t16-/m0/s1. The van der Waals surface area contributed by atoms with Crippen LogP contribution in [0.2, 0.25) is 0 Å². The first-order valence-corrected chi connectivity index (χ1v) is 11.2. The van der Waals surface area contributed by atoms with E-state index in [-0.39, 0.29) is 41.9 Å². The highest BCUT2D eigenvalue weighted by Crippen LogP contribution is 2.44. The summed E-state index contributed by atoms with van der Waals surface area (Å²) in [7, 11) is 0. The molecule has 3 aromatic rings. The van der Waals surface area contributed by atoms with Gasteiger partial charge in [0.25, 0.3) is 0 Å². The zero-order chi connectivity index (χ0) is 23.7. The molecule has 0 saturated heterocycles. The predicted molar refractivity (Wildman–Crippen MR) is 119 cm³/mol. The number of nitrogens with one attached hydrogen (secondary N) is 1. The van der Waals surface area contributed by atoms with Gasteiger partial charge in [-0.15, -0.1) is 0 Å². The Hall–Kier alpha value is -4.24. The van der Waals surface area contributed by atoms with Gasteiger partial charge in [0.05, 0.1) is 30.2 Å². The van der Waals surface area contributed by atoms with Gasteiger partial charge in [0.2, 0.25) is 12.7 Å². The normalized spacial score (nSPS) is 17.0. The van der Waals surface area contributed by atoms with Crippen molar-refractivity contribution in [1.29, 1.82) is 5.26 Å². The fourth-order valence-electron chi connectivity index (χ4n) is 3.77. The van der Waals surface area contributed by atoms with Crippen LogP contribution in [0.1, 0.15) is 18.4 Å². The molecule has 0 aliphatic carbocycles. The Morgan fingerprint density at radius 2 is 2.18 bits per heavy atom. The first-order valence-electron chi connectivity index (χ1n) is 10.2. The number of esters is 1. The number of allylic oxidation sites excluding steroid dienone is 1. The summed E-state index contributed by atoms with van der Waals surface area (Å²) in [5, 5.41) is 10.5. The molecule has 5 rings (SSSR count). The molecule has 1 atom stereocenters. The van der Waals surface area contributed by atoms with Crippen LogP contribution in [0.5, 0.6) is 11.5 Å². The van der Waals surface area contributed by atoms with Crippen LogP contribution in [-0.2, 0) is 14.3 Å². The molecule has 0 saturated carbocycles. The quantitative estimate of drug-likeness (QED) is 0.304. The van der Waals surface area contributed by atoms with Crippen molar-refractivity contribution in [2.45, 2.75) is 17.9 Å². The molecule has 3 N–H and O–H groups in total. The maximum absolute atomic E-state index is 13.1. The van der Waals surface area contributed by atoms with E-state index in [2.05, 4.69) is 26.0 Å². The van der Waals surface area contributed by atoms with Crippen LogP contribution in [0.4, 0.5) is 0 Å². The zero-order valence-electron chi connectivity index (χ0n) is 17.9. The van der Waals surface area contributed by atoms with Crippen LogP contribution in [0.15, 0.2) is 58.7 Å². The van der Waals surface area contributed by atoms with E-state index in [9.17, 15) is 10.1 Å². The van der Waals surface area contributed by atoms with Crippen molar-refractivity contribution >= 4 is 28.9 Å². The van der Waals surface area contributed by atoms with Crippen molar-refractivity contribution in [3.8, 4) is 17.6 Å². The number of rotatable bonds is 6. The minimum absolute atomic E-state index is 0.0804. The lowest BCUT2D eigenvalue weighted by atomic mass is 9.83. The number of imidazole rings is 1. The Bertz CT molecular complexity index is 1390. The minimum atomic E-state index is -0.805.